The number of rotatable bonds is 5. The van der Waals surface area contributed by atoms with Gasteiger partial charge in [0.2, 0.25) is 0 Å². The SMILES string of the molecule is CC(C)N1CCN(Cc2ccc(C(=O)Nc3cccc(Br)c3)cc2)C(=O)C1=O. The highest BCUT2D eigenvalue weighted by atomic mass is 79.9. The maximum Gasteiger partial charge on any atom is 0.312 e. The molecule has 1 N–H and O–H groups in total. The highest BCUT2D eigenvalue weighted by Crippen LogP contribution is 2.17. The first-order valence-electron chi connectivity index (χ1n) is 9.11. The Morgan fingerprint density at radius 1 is 1.07 bits per heavy atom. The Kier molecular flexibility index (Phi) is 6.14. The van der Waals surface area contributed by atoms with Crippen LogP contribution in [-0.4, -0.2) is 46.7 Å². The summed E-state index contributed by atoms with van der Waals surface area (Å²) in [4.78, 5) is 40.0. The highest BCUT2D eigenvalue weighted by molar-refractivity contribution is 9.10. The van der Waals surface area contributed by atoms with Crippen LogP contribution < -0.4 is 5.32 Å². The third-order valence-corrected chi connectivity index (χ3v) is 5.13. The lowest BCUT2D eigenvalue weighted by Crippen LogP contribution is -2.55. The van der Waals surface area contributed by atoms with Gasteiger partial charge in [-0.05, 0) is 49.7 Å². The quantitative estimate of drug-likeness (QED) is 0.720. The van der Waals surface area contributed by atoms with Crippen LogP contribution in [0.15, 0.2) is 53.0 Å². The maximum absolute atomic E-state index is 12.4. The van der Waals surface area contributed by atoms with E-state index in [0.29, 0.717) is 30.9 Å². The number of hydrogen-bond donors (Lipinski definition) is 1. The normalized spacial score (nSPS) is 14.6. The van der Waals surface area contributed by atoms with Gasteiger partial charge in [0.05, 0.1) is 0 Å². The average molecular weight is 444 g/mol. The predicted molar refractivity (Wildman–Crippen MR) is 111 cm³/mol. The fourth-order valence-corrected chi connectivity index (χ4v) is 3.48. The molecule has 0 saturated carbocycles. The van der Waals surface area contributed by atoms with Gasteiger partial charge < -0.3 is 15.1 Å². The number of benzene rings is 2. The van der Waals surface area contributed by atoms with Crippen molar-refractivity contribution < 1.29 is 14.4 Å². The molecule has 28 heavy (non-hydrogen) atoms. The Labute approximate surface area is 172 Å². The van der Waals surface area contributed by atoms with Crippen molar-refractivity contribution in [2.45, 2.75) is 26.4 Å². The number of piperazine rings is 1. The minimum atomic E-state index is -0.476. The molecule has 3 rings (SSSR count). The van der Waals surface area contributed by atoms with Gasteiger partial charge in [-0.1, -0.05) is 34.1 Å². The zero-order valence-corrected chi connectivity index (χ0v) is 17.4. The summed E-state index contributed by atoms with van der Waals surface area (Å²) in [6, 6.07) is 14.4. The van der Waals surface area contributed by atoms with E-state index in [1.807, 2.05) is 50.2 Å². The number of carbonyl (C=O) groups excluding carboxylic acids is 3. The predicted octanol–water partition coefficient (Wildman–Crippen LogP) is 3.28. The molecule has 146 valence electrons. The van der Waals surface area contributed by atoms with Crippen LogP contribution in [0.3, 0.4) is 0 Å². The lowest BCUT2D eigenvalue weighted by Gasteiger charge is -2.36. The van der Waals surface area contributed by atoms with E-state index in [1.165, 1.54) is 0 Å². The summed E-state index contributed by atoms with van der Waals surface area (Å²) in [6.45, 7) is 5.20. The van der Waals surface area contributed by atoms with E-state index in [4.69, 9.17) is 0 Å². The van der Waals surface area contributed by atoms with Crippen molar-refractivity contribution in [1.82, 2.24) is 9.80 Å². The Morgan fingerprint density at radius 3 is 2.43 bits per heavy atom. The molecule has 1 saturated heterocycles. The minimum Gasteiger partial charge on any atom is -0.330 e. The van der Waals surface area contributed by atoms with E-state index >= 15 is 0 Å². The van der Waals surface area contributed by atoms with Crippen molar-refractivity contribution in [2.24, 2.45) is 0 Å². The molecule has 6 nitrogen and oxygen atoms in total. The molecular weight excluding hydrogens is 422 g/mol. The standard InChI is InChI=1S/C21H22BrN3O3/c1-14(2)25-11-10-24(20(27)21(25)28)13-15-6-8-16(9-7-15)19(26)23-18-5-3-4-17(22)12-18/h3-9,12,14H,10-11,13H2,1-2H3,(H,23,26). The smallest absolute Gasteiger partial charge is 0.312 e. The van der Waals surface area contributed by atoms with Crippen molar-refractivity contribution in [3.63, 3.8) is 0 Å². The monoisotopic (exact) mass is 443 g/mol. The summed E-state index contributed by atoms with van der Waals surface area (Å²) < 4.78 is 0.887. The van der Waals surface area contributed by atoms with Gasteiger partial charge in [-0.3, -0.25) is 14.4 Å². The van der Waals surface area contributed by atoms with E-state index in [0.717, 1.165) is 10.0 Å². The topological polar surface area (TPSA) is 69.7 Å². The molecule has 0 bridgehead atoms. The lowest BCUT2D eigenvalue weighted by atomic mass is 10.1. The molecule has 0 aromatic heterocycles. The molecule has 1 aliphatic heterocycles. The molecule has 1 aliphatic rings. The summed E-state index contributed by atoms with van der Waals surface area (Å²) in [5.74, 6) is -1.14. The number of halogens is 1. The van der Waals surface area contributed by atoms with E-state index in [9.17, 15) is 14.4 Å². The highest BCUT2D eigenvalue weighted by Gasteiger charge is 2.33. The number of amides is 3. The van der Waals surface area contributed by atoms with Crippen LogP contribution in [-0.2, 0) is 16.1 Å². The second-order valence-electron chi connectivity index (χ2n) is 6.98. The number of carbonyl (C=O) groups is 3. The molecule has 2 aromatic rings. The first-order chi connectivity index (χ1) is 13.3. The first kappa shape index (κ1) is 20.1. The first-order valence-corrected chi connectivity index (χ1v) is 9.90. The van der Waals surface area contributed by atoms with Crippen molar-refractivity contribution in [3.8, 4) is 0 Å². The van der Waals surface area contributed by atoms with E-state index in [2.05, 4.69) is 21.2 Å². The molecule has 0 spiro atoms. The average Bonchev–Trinajstić information content (AvgIpc) is 2.66. The molecular formula is C21H22BrN3O3. The largest absolute Gasteiger partial charge is 0.330 e. The van der Waals surface area contributed by atoms with Crippen LogP contribution in [0.25, 0.3) is 0 Å². The van der Waals surface area contributed by atoms with Crippen LogP contribution in [0, 0.1) is 0 Å². The van der Waals surface area contributed by atoms with Crippen LogP contribution in [0.5, 0.6) is 0 Å². The fourth-order valence-electron chi connectivity index (χ4n) is 3.08. The van der Waals surface area contributed by atoms with Crippen LogP contribution >= 0.6 is 15.9 Å². The van der Waals surface area contributed by atoms with E-state index < -0.39 is 11.8 Å². The molecule has 0 radical (unpaired) electrons. The van der Waals surface area contributed by atoms with Crippen molar-refractivity contribution >= 4 is 39.3 Å². The van der Waals surface area contributed by atoms with Crippen LogP contribution in [0.2, 0.25) is 0 Å². The second-order valence-corrected chi connectivity index (χ2v) is 7.90. The van der Waals surface area contributed by atoms with Gasteiger partial charge in [-0.15, -0.1) is 0 Å². The second kappa shape index (κ2) is 8.56. The number of nitrogens with one attached hydrogen (secondary N) is 1. The molecule has 3 amide bonds. The summed E-state index contributed by atoms with van der Waals surface area (Å²) in [5, 5.41) is 2.84. The summed E-state index contributed by atoms with van der Waals surface area (Å²) >= 11 is 3.38. The molecule has 0 unspecified atom stereocenters. The van der Waals surface area contributed by atoms with Crippen LogP contribution in [0.4, 0.5) is 5.69 Å². The van der Waals surface area contributed by atoms with Crippen molar-refractivity contribution in [3.05, 3.63) is 64.1 Å². The Bertz CT molecular complexity index is 896. The van der Waals surface area contributed by atoms with Crippen LogP contribution in [0.1, 0.15) is 29.8 Å². The van der Waals surface area contributed by atoms with E-state index in [-0.39, 0.29) is 11.9 Å². The number of anilines is 1. The van der Waals surface area contributed by atoms with Gasteiger partial charge in [0.15, 0.2) is 0 Å². The molecule has 0 atom stereocenters. The molecule has 7 heteroatoms. The molecule has 1 heterocycles. The number of hydrogen-bond acceptors (Lipinski definition) is 3. The van der Waals surface area contributed by atoms with Gasteiger partial charge >= 0.3 is 11.8 Å². The van der Waals surface area contributed by atoms with Crippen molar-refractivity contribution in [1.29, 1.82) is 0 Å². The van der Waals surface area contributed by atoms with Gasteiger partial charge in [0.1, 0.15) is 0 Å². The van der Waals surface area contributed by atoms with Gasteiger partial charge in [-0.2, -0.15) is 0 Å². The number of nitrogens with zero attached hydrogens (tertiary/aromatic N) is 2. The molecule has 0 aliphatic carbocycles. The maximum atomic E-state index is 12.4. The zero-order chi connectivity index (χ0) is 20.3. The Balaban J connectivity index is 1.62. The lowest BCUT2D eigenvalue weighted by molar-refractivity contribution is -0.157. The third-order valence-electron chi connectivity index (χ3n) is 4.64. The van der Waals surface area contributed by atoms with Gasteiger partial charge in [-0.25, -0.2) is 0 Å². The molecule has 2 aromatic carbocycles. The summed E-state index contributed by atoms with van der Waals surface area (Å²) in [7, 11) is 0. The molecule has 1 fully saturated rings. The fraction of sp³-hybridized carbons (Fsp3) is 0.286. The summed E-state index contributed by atoms with van der Waals surface area (Å²) in [5.41, 5.74) is 2.10. The minimum absolute atomic E-state index is 0.0154. The van der Waals surface area contributed by atoms with E-state index in [1.54, 1.807) is 21.9 Å². The zero-order valence-electron chi connectivity index (χ0n) is 15.8. The third kappa shape index (κ3) is 4.59. The van der Waals surface area contributed by atoms with Crippen molar-refractivity contribution in [2.75, 3.05) is 18.4 Å². The Morgan fingerprint density at radius 2 is 1.79 bits per heavy atom. The Hall–Kier alpha value is -2.67. The summed E-state index contributed by atoms with van der Waals surface area (Å²) in [6.07, 6.45) is 0. The van der Waals surface area contributed by atoms with Gasteiger partial charge in [0.25, 0.3) is 5.91 Å². The van der Waals surface area contributed by atoms with Gasteiger partial charge in [0, 0.05) is 41.4 Å².